The zero-order chi connectivity index (χ0) is 24.7. The van der Waals surface area contributed by atoms with Crippen LogP contribution in [0.1, 0.15) is 13.3 Å². The molecule has 14 heteroatoms. The fourth-order valence-corrected chi connectivity index (χ4v) is 4.74. The summed E-state index contributed by atoms with van der Waals surface area (Å²) >= 11 is 0. The molecule has 14 nitrogen and oxygen atoms in total. The molecule has 0 spiro atoms. The number of aliphatic hydroxyl groups is 6. The van der Waals surface area contributed by atoms with Gasteiger partial charge in [0, 0.05) is 18.6 Å². The number of ether oxygens (including phenoxy) is 4. The van der Waals surface area contributed by atoms with Gasteiger partial charge in [-0.05, 0) is 20.4 Å². The highest BCUT2D eigenvalue weighted by atomic mass is 16.7. The highest BCUT2D eigenvalue weighted by Crippen LogP contribution is 2.31. The van der Waals surface area contributed by atoms with Gasteiger partial charge in [0.05, 0.1) is 12.6 Å². The number of rotatable bonds is 6. The minimum absolute atomic E-state index is 0.138. The van der Waals surface area contributed by atoms with Gasteiger partial charge in [0.25, 0.3) is 0 Å². The number of aliphatic hydroxyl groups excluding tert-OH is 5. The van der Waals surface area contributed by atoms with Gasteiger partial charge in [0.15, 0.2) is 12.6 Å². The molecule has 194 valence electrons. The summed E-state index contributed by atoms with van der Waals surface area (Å²) in [5, 5.41) is 65.2. The average molecular weight is 483 g/mol. The van der Waals surface area contributed by atoms with E-state index in [0.717, 1.165) is 0 Å². The zero-order valence-electron chi connectivity index (χ0n) is 18.7. The van der Waals surface area contributed by atoms with Crippen molar-refractivity contribution in [3.8, 4) is 0 Å². The van der Waals surface area contributed by atoms with Crippen molar-refractivity contribution in [3.05, 3.63) is 0 Å². The van der Waals surface area contributed by atoms with Crippen LogP contribution < -0.4 is 22.5 Å². The summed E-state index contributed by atoms with van der Waals surface area (Å²) in [4.78, 5) is 0. The zero-order valence-corrected chi connectivity index (χ0v) is 18.7. The molecule has 13 N–H and O–H groups in total. The summed E-state index contributed by atoms with van der Waals surface area (Å²) < 4.78 is 22.5. The van der Waals surface area contributed by atoms with E-state index >= 15 is 0 Å². The number of nitrogens with two attached hydrogens (primary N) is 3. The molecule has 3 fully saturated rings. The number of hydrogen-bond acceptors (Lipinski definition) is 14. The Kier molecular flexibility index (Phi) is 8.68. The average Bonchev–Trinajstić information content (AvgIpc) is 2.75. The lowest BCUT2D eigenvalue weighted by Crippen LogP contribution is -2.69. The van der Waals surface area contributed by atoms with Crippen LogP contribution in [0.15, 0.2) is 0 Å². The maximum Gasteiger partial charge on any atom is 0.187 e. The second-order valence-corrected chi connectivity index (χ2v) is 9.30. The summed E-state index contributed by atoms with van der Waals surface area (Å²) in [5.74, 6) is 0. The van der Waals surface area contributed by atoms with Crippen molar-refractivity contribution in [1.29, 1.82) is 0 Å². The topological polar surface area (TPSA) is 248 Å². The quantitative estimate of drug-likeness (QED) is 0.169. The molecule has 2 saturated heterocycles. The van der Waals surface area contributed by atoms with Crippen molar-refractivity contribution in [2.75, 3.05) is 20.2 Å². The molecule has 33 heavy (non-hydrogen) atoms. The maximum absolute atomic E-state index is 11.0. The Morgan fingerprint density at radius 2 is 1.48 bits per heavy atom. The van der Waals surface area contributed by atoms with E-state index in [-0.39, 0.29) is 19.6 Å². The van der Waals surface area contributed by atoms with Crippen LogP contribution in [0.2, 0.25) is 0 Å². The predicted molar refractivity (Wildman–Crippen MR) is 111 cm³/mol. The van der Waals surface area contributed by atoms with Gasteiger partial charge in [-0.3, -0.25) is 0 Å². The van der Waals surface area contributed by atoms with E-state index < -0.39 is 85.1 Å². The SMILES string of the molecule is CN[C@H]1[C@@H](O)[C@H](O[C@H]2[C@@H](O)[C@@H](O[C@H]3O[C@@H](CN)[C@@H](O)[C@@H](O)[C@H]3O)[C@@H](N)C[C@H]2N)OC[C@@]1(C)O. The first-order valence-corrected chi connectivity index (χ1v) is 11.0. The first-order valence-electron chi connectivity index (χ1n) is 11.0. The van der Waals surface area contributed by atoms with Crippen LogP contribution in [0.3, 0.4) is 0 Å². The molecule has 1 saturated carbocycles. The second kappa shape index (κ2) is 10.6. The molecule has 0 aromatic rings. The molecule has 0 aromatic heterocycles. The molecule has 2 heterocycles. The van der Waals surface area contributed by atoms with E-state index in [1.54, 1.807) is 7.05 Å². The van der Waals surface area contributed by atoms with Crippen LogP contribution in [0.4, 0.5) is 0 Å². The first kappa shape index (κ1) is 27.0. The van der Waals surface area contributed by atoms with E-state index in [1.807, 2.05) is 0 Å². The van der Waals surface area contributed by atoms with Crippen LogP contribution in [-0.2, 0) is 18.9 Å². The third-order valence-electron chi connectivity index (χ3n) is 6.69. The van der Waals surface area contributed by atoms with Crippen molar-refractivity contribution in [2.45, 2.75) is 98.5 Å². The Bertz CT molecular complexity index is 646. The second-order valence-electron chi connectivity index (χ2n) is 9.30. The van der Waals surface area contributed by atoms with E-state index in [2.05, 4.69) is 5.32 Å². The third kappa shape index (κ3) is 5.34. The summed E-state index contributed by atoms with van der Waals surface area (Å²) in [6.45, 7) is 1.22. The Morgan fingerprint density at radius 1 is 0.909 bits per heavy atom. The lowest BCUT2D eigenvalue weighted by Gasteiger charge is -2.48. The molecule has 14 atom stereocenters. The van der Waals surface area contributed by atoms with Gasteiger partial charge in [-0.2, -0.15) is 0 Å². The Labute approximate surface area is 191 Å². The summed E-state index contributed by atoms with van der Waals surface area (Å²) in [6.07, 6.45) is -13.0. The van der Waals surface area contributed by atoms with Crippen LogP contribution >= 0.6 is 0 Å². The van der Waals surface area contributed by atoms with Crippen molar-refractivity contribution < 1.29 is 49.6 Å². The van der Waals surface area contributed by atoms with E-state index in [4.69, 9.17) is 36.1 Å². The first-order chi connectivity index (χ1) is 15.4. The monoisotopic (exact) mass is 482 g/mol. The molecule has 0 amide bonds. The fraction of sp³-hybridized carbons (Fsp3) is 1.00. The largest absolute Gasteiger partial charge is 0.388 e. The molecule has 0 aromatic carbocycles. The molecule has 1 aliphatic carbocycles. The minimum Gasteiger partial charge on any atom is -0.388 e. The molecular weight excluding hydrogens is 444 g/mol. The van der Waals surface area contributed by atoms with Gasteiger partial charge in [-0.15, -0.1) is 0 Å². The molecular formula is C19H38N4O10. The Hall–Kier alpha value is -0.560. The number of nitrogens with one attached hydrogen (secondary N) is 1. The summed E-state index contributed by atoms with van der Waals surface area (Å²) in [7, 11) is 1.57. The van der Waals surface area contributed by atoms with Gasteiger partial charge < -0.3 is 72.1 Å². The van der Waals surface area contributed by atoms with Crippen molar-refractivity contribution in [3.63, 3.8) is 0 Å². The normalized spacial score (nSPS) is 53.7. The van der Waals surface area contributed by atoms with Crippen LogP contribution in [0.5, 0.6) is 0 Å². The minimum atomic E-state index is -1.63. The smallest absolute Gasteiger partial charge is 0.187 e. The predicted octanol–water partition coefficient (Wildman–Crippen LogP) is -6.00. The molecule has 2 aliphatic heterocycles. The molecule has 0 bridgehead atoms. The van der Waals surface area contributed by atoms with Gasteiger partial charge in [0.2, 0.25) is 0 Å². The van der Waals surface area contributed by atoms with Gasteiger partial charge in [0.1, 0.15) is 54.4 Å². The summed E-state index contributed by atoms with van der Waals surface area (Å²) in [6, 6.07) is -2.30. The highest BCUT2D eigenvalue weighted by Gasteiger charge is 2.52. The number of likely N-dealkylation sites (N-methyl/N-ethyl adjacent to an activating group) is 1. The van der Waals surface area contributed by atoms with Crippen LogP contribution in [0.25, 0.3) is 0 Å². The van der Waals surface area contributed by atoms with E-state index in [9.17, 15) is 30.6 Å². The third-order valence-corrected chi connectivity index (χ3v) is 6.69. The molecule has 3 rings (SSSR count). The van der Waals surface area contributed by atoms with Crippen molar-refractivity contribution in [2.24, 2.45) is 17.2 Å². The van der Waals surface area contributed by atoms with Gasteiger partial charge in [-0.25, -0.2) is 0 Å². The lowest BCUT2D eigenvalue weighted by molar-refractivity contribution is -0.329. The maximum atomic E-state index is 11.0. The highest BCUT2D eigenvalue weighted by molar-refractivity contribution is 5.02. The van der Waals surface area contributed by atoms with Gasteiger partial charge >= 0.3 is 0 Å². The van der Waals surface area contributed by atoms with Crippen molar-refractivity contribution >= 4 is 0 Å². The molecule has 3 aliphatic rings. The standard InChI is InChI=1S/C19H38N4O10/c1-19(29)5-30-17(13(28)16(19)23-2)32-14-6(21)3-7(22)15(12(14)27)33-18-11(26)10(25)9(24)8(4-20)31-18/h6-18,23-29H,3-5,20-22H2,1-2H3/t6-,7+,8+,9-,10-,11-,12-,13-,14-,15+,16+,17+,18-,19-/m1/s1. The molecule has 0 radical (unpaired) electrons. The van der Waals surface area contributed by atoms with Crippen LogP contribution in [0, 0.1) is 0 Å². The Balaban J connectivity index is 1.71. The van der Waals surface area contributed by atoms with Crippen molar-refractivity contribution in [1.82, 2.24) is 5.32 Å². The molecule has 0 unspecified atom stereocenters. The lowest BCUT2D eigenvalue weighted by atomic mass is 9.84. The summed E-state index contributed by atoms with van der Waals surface area (Å²) in [5.41, 5.74) is 16.5. The van der Waals surface area contributed by atoms with E-state index in [0.29, 0.717) is 0 Å². The van der Waals surface area contributed by atoms with E-state index in [1.165, 1.54) is 6.92 Å². The Morgan fingerprint density at radius 3 is 2.03 bits per heavy atom. The number of hydrogen-bond donors (Lipinski definition) is 10. The fourth-order valence-electron chi connectivity index (χ4n) is 4.74. The van der Waals surface area contributed by atoms with Crippen LogP contribution in [-0.4, -0.2) is 136 Å². The van der Waals surface area contributed by atoms with Gasteiger partial charge in [-0.1, -0.05) is 0 Å².